The third-order valence-corrected chi connectivity index (χ3v) is 8.02. The molecule has 2 N–H and O–H groups in total. The summed E-state index contributed by atoms with van der Waals surface area (Å²) in [4.78, 5) is 12.9. The highest BCUT2D eigenvalue weighted by Crippen LogP contribution is 2.52. The molecule has 3 heteroatoms. The molecule has 0 aromatic heterocycles. The number of hydrogen-bond donors (Lipinski definition) is 2. The van der Waals surface area contributed by atoms with Gasteiger partial charge in [0.2, 0.25) is 0 Å². The van der Waals surface area contributed by atoms with Gasteiger partial charge in [-0.05, 0) is 88.3 Å². The molecule has 0 radical (unpaired) electrons. The third kappa shape index (κ3) is 3.70. The minimum atomic E-state index is -0.0777. The maximum atomic E-state index is 12.9. The molecule has 5 aromatic carbocycles. The first kappa shape index (κ1) is 21.9. The van der Waals surface area contributed by atoms with Crippen LogP contribution in [0.5, 0.6) is 0 Å². The highest BCUT2D eigenvalue weighted by molar-refractivity contribution is 6.05. The van der Waals surface area contributed by atoms with Gasteiger partial charge in [0.25, 0.3) is 5.91 Å². The van der Waals surface area contributed by atoms with Gasteiger partial charge in [0.1, 0.15) is 0 Å². The van der Waals surface area contributed by atoms with E-state index in [-0.39, 0.29) is 11.9 Å². The number of aryl methyl sites for hydroxylation is 1. The van der Waals surface area contributed by atoms with E-state index in [9.17, 15) is 4.79 Å². The molecule has 2 aliphatic rings. The smallest absolute Gasteiger partial charge is 0.255 e. The predicted octanol–water partition coefficient (Wildman–Crippen LogP) is 8.38. The lowest BCUT2D eigenvalue weighted by atomic mass is 9.75. The highest BCUT2D eigenvalue weighted by atomic mass is 16.1. The normalized spacial score (nSPS) is 19.9. The summed E-state index contributed by atoms with van der Waals surface area (Å²) in [5.41, 5.74) is 6.37. The van der Waals surface area contributed by atoms with Gasteiger partial charge in [0.15, 0.2) is 0 Å². The molecule has 5 aromatic rings. The summed E-state index contributed by atoms with van der Waals surface area (Å²) >= 11 is 0. The van der Waals surface area contributed by atoms with Crippen molar-refractivity contribution in [2.24, 2.45) is 5.92 Å². The van der Waals surface area contributed by atoms with Crippen LogP contribution in [0.4, 0.5) is 11.4 Å². The summed E-state index contributed by atoms with van der Waals surface area (Å²) in [6, 6.07) is 34.0. The minimum absolute atomic E-state index is 0.0777. The largest absolute Gasteiger partial charge is 0.378 e. The molecule has 180 valence electrons. The average Bonchev–Trinajstić information content (AvgIpc) is 3.42. The van der Waals surface area contributed by atoms with E-state index in [2.05, 4.69) is 89.5 Å². The molecule has 3 atom stereocenters. The van der Waals surface area contributed by atoms with E-state index in [0.29, 0.717) is 17.4 Å². The van der Waals surface area contributed by atoms with Crippen LogP contribution in [0.3, 0.4) is 0 Å². The second-order valence-corrected chi connectivity index (χ2v) is 10.3. The molecule has 7 rings (SSSR count). The van der Waals surface area contributed by atoms with Crippen LogP contribution >= 0.6 is 0 Å². The topological polar surface area (TPSA) is 41.1 Å². The van der Waals surface area contributed by atoms with Gasteiger partial charge < -0.3 is 10.6 Å². The molecule has 0 spiro atoms. The van der Waals surface area contributed by atoms with Crippen molar-refractivity contribution in [2.45, 2.75) is 25.3 Å². The van der Waals surface area contributed by atoms with Crippen LogP contribution in [0.15, 0.2) is 109 Å². The summed E-state index contributed by atoms with van der Waals surface area (Å²) in [5.74, 6) is 0.630. The lowest BCUT2D eigenvalue weighted by Gasteiger charge is -2.38. The van der Waals surface area contributed by atoms with Crippen molar-refractivity contribution in [1.82, 2.24) is 0 Å². The average molecular weight is 481 g/mol. The maximum Gasteiger partial charge on any atom is 0.255 e. The van der Waals surface area contributed by atoms with Gasteiger partial charge in [-0.1, -0.05) is 78.4 Å². The van der Waals surface area contributed by atoms with Crippen molar-refractivity contribution in [2.75, 3.05) is 10.6 Å². The van der Waals surface area contributed by atoms with E-state index in [1.807, 2.05) is 37.3 Å². The predicted molar refractivity (Wildman–Crippen MR) is 153 cm³/mol. The maximum absolute atomic E-state index is 12.9. The van der Waals surface area contributed by atoms with E-state index >= 15 is 0 Å². The van der Waals surface area contributed by atoms with E-state index in [1.165, 1.54) is 32.7 Å². The number of carbonyl (C=O) groups excluding carboxylic acids is 1. The molecule has 3 unspecified atom stereocenters. The summed E-state index contributed by atoms with van der Waals surface area (Å²) in [6.07, 6.45) is 5.71. The van der Waals surface area contributed by atoms with Crippen molar-refractivity contribution in [3.05, 3.63) is 131 Å². The zero-order valence-electron chi connectivity index (χ0n) is 20.7. The van der Waals surface area contributed by atoms with E-state index in [1.54, 1.807) is 0 Å². The molecule has 0 saturated carbocycles. The highest BCUT2D eigenvalue weighted by Gasteiger charge is 2.39. The van der Waals surface area contributed by atoms with E-state index in [0.717, 1.165) is 23.4 Å². The van der Waals surface area contributed by atoms with Crippen molar-refractivity contribution in [3.63, 3.8) is 0 Å². The van der Waals surface area contributed by atoms with Crippen LogP contribution in [0.2, 0.25) is 0 Å². The Balaban J connectivity index is 1.30. The fraction of sp³-hybridized carbons (Fsp3) is 0.147. The number of anilines is 2. The van der Waals surface area contributed by atoms with Crippen LogP contribution in [0, 0.1) is 12.8 Å². The number of fused-ring (bicyclic) bond motifs is 5. The zero-order chi connectivity index (χ0) is 24.9. The quantitative estimate of drug-likeness (QED) is 0.201. The lowest BCUT2D eigenvalue weighted by molar-refractivity contribution is 0.102. The number of rotatable bonds is 3. The first-order valence-electron chi connectivity index (χ1n) is 13.0. The van der Waals surface area contributed by atoms with Crippen LogP contribution in [0.1, 0.15) is 45.4 Å². The Labute approximate surface area is 216 Å². The first-order chi connectivity index (χ1) is 18.2. The lowest BCUT2D eigenvalue weighted by Crippen LogP contribution is -2.29. The molecular weight excluding hydrogens is 452 g/mol. The van der Waals surface area contributed by atoms with E-state index < -0.39 is 0 Å². The van der Waals surface area contributed by atoms with Crippen LogP contribution in [-0.2, 0) is 0 Å². The summed E-state index contributed by atoms with van der Waals surface area (Å²) in [7, 11) is 0. The number of hydrogen-bond acceptors (Lipinski definition) is 2. The number of allylic oxidation sites excluding steroid dienone is 2. The monoisotopic (exact) mass is 480 g/mol. The summed E-state index contributed by atoms with van der Waals surface area (Å²) < 4.78 is 0. The number of amides is 1. The minimum Gasteiger partial charge on any atom is -0.378 e. The Morgan fingerprint density at radius 2 is 1.59 bits per heavy atom. The van der Waals surface area contributed by atoms with Gasteiger partial charge >= 0.3 is 0 Å². The second-order valence-electron chi connectivity index (χ2n) is 10.3. The Morgan fingerprint density at radius 3 is 2.35 bits per heavy atom. The van der Waals surface area contributed by atoms with Gasteiger partial charge in [-0.15, -0.1) is 0 Å². The number of benzene rings is 5. The number of nitrogens with one attached hydrogen (secondary N) is 2. The molecule has 0 fully saturated rings. The fourth-order valence-corrected chi connectivity index (χ4v) is 6.33. The molecule has 1 heterocycles. The van der Waals surface area contributed by atoms with Crippen LogP contribution < -0.4 is 10.6 Å². The second kappa shape index (κ2) is 8.63. The summed E-state index contributed by atoms with van der Waals surface area (Å²) in [6.45, 7) is 2.00. The van der Waals surface area contributed by atoms with Gasteiger partial charge in [-0.25, -0.2) is 0 Å². The van der Waals surface area contributed by atoms with Gasteiger partial charge in [-0.2, -0.15) is 0 Å². The SMILES string of the molecule is Cc1cccc(C(=O)Nc2ccc3c(c2)C2C=CCC2C(c2c4ccccc4cc4ccccc24)N3)c1. The molecular formula is C34H28N2O. The standard InChI is InChI=1S/C34H28N2O/c1-21-8-6-11-24(18-21)34(37)35-25-16-17-31-30(20-25)28-14-7-15-29(28)33(36-31)32-26-12-4-2-9-22(26)19-23-10-3-5-13-27(23)32/h2-14,16-20,28-29,33,36H,15H2,1H3,(H,35,37). The van der Waals surface area contributed by atoms with Gasteiger partial charge in [0.05, 0.1) is 6.04 Å². The van der Waals surface area contributed by atoms with E-state index in [4.69, 9.17) is 0 Å². The summed E-state index contributed by atoms with van der Waals surface area (Å²) in [5, 5.41) is 12.2. The van der Waals surface area contributed by atoms with Crippen molar-refractivity contribution in [1.29, 1.82) is 0 Å². The Kier molecular flexibility index (Phi) is 5.10. The van der Waals surface area contributed by atoms with Crippen LogP contribution in [-0.4, -0.2) is 5.91 Å². The van der Waals surface area contributed by atoms with Crippen molar-refractivity contribution >= 4 is 38.8 Å². The third-order valence-electron chi connectivity index (χ3n) is 8.02. The Hall–Kier alpha value is -4.37. The van der Waals surface area contributed by atoms with Gasteiger partial charge in [0, 0.05) is 22.9 Å². The zero-order valence-corrected chi connectivity index (χ0v) is 20.7. The molecule has 3 nitrogen and oxygen atoms in total. The fourth-order valence-electron chi connectivity index (χ4n) is 6.33. The Bertz CT molecular complexity index is 1660. The molecule has 1 aliphatic carbocycles. The van der Waals surface area contributed by atoms with Gasteiger partial charge in [-0.3, -0.25) is 4.79 Å². The molecule has 0 saturated heterocycles. The Morgan fingerprint density at radius 1 is 0.838 bits per heavy atom. The van der Waals surface area contributed by atoms with Crippen molar-refractivity contribution in [3.8, 4) is 0 Å². The molecule has 0 bridgehead atoms. The van der Waals surface area contributed by atoms with Crippen LogP contribution in [0.25, 0.3) is 21.5 Å². The van der Waals surface area contributed by atoms with Crippen molar-refractivity contribution < 1.29 is 4.79 Å². The molecule has 1 aliphatic heterocycles. The first-order valence-corrected chi connectivity index (χ1v) is 13.0. The molecule has 37 heavy (non-hydrogen) atoms. The number of carbonyl (C=O) groups is 1. The molecule has 1 amide bonds.